The minimum Gasteiger partial charge on any atom is -0.450 e. The molecule has 0 saturated carbocycles. The molecule has 1 aliphatic heterocycles. The summed E-state index contributed by atoms with van der Waals surface area (Å²) < 4.78 is 46.2. The number of nitro groups is 1. The number of carbonyl (C=O) groups is 1. The SMILES string of the molecule is Cc1cc2oc3c(c(=O)c2cc1C)C(c1cccc([N+](=O)[O-])c1)N(c1cccc(C(F)(F)F)c1)C3=O. The lowest BCUT2D eigenvalue weighted by Crippen LogP contribution is -2.29. The van der Waals surface area contributed by atoms with Crippen LogP contribution in [0.4, 0.5) is 24.5 Å². The minimum absolute atomic E-state index is 0.0892. The molecule has 1 aromatic heterocycles. The summed E-state index contributed by atoms with van der Waals surface area (Å²) in [6.45, 7) is 3.62. The van der Waals surface area contributed by atoms with E-state index < -0.39 is 34.0 Å². The van der Waals surface area contributed by atoms with Crippen molar-refractivity contribution in [3.8, 4) is 0 Å². The second-order valence-corrected chi connectivity index (χ2v) is 8.58. The Morgan fingerprint density at radius 3 is 2.36 bits per heavy atom. The summed E-state index contributed by atoms with van der Waals surface area (Å²) in [6.07, 6.45) is -4.68. The van der Waals surface area contributed by atoms with Crippen molar-refractivity contribution in [1.82, 2.24) is 0 Å². The van der Waals surface area contributed by atoms with Crippen LogP contribution in [-0.2, 0) is 6.18 Å². The number of non-ortho nitro benzene ring substituents is 1. The first-order valence-corrected chi connectivity index (χ1v) is 10.8. The number of anilines is 1. The van der Waals surface area contributed by atoms with Crippen LogP contribution < -0.4 is 10.3 Å². The van der Waals surface area contributed by atoms with Gasteiger partial charge in [-0.05, 0) is 60.9 Å². The normalized spacial score (nSPS) is 15.4. The molecular formula is C26H17F3N2O5. The van der Waals surface area contributed by atoms with Crippen LogP contribution in [0.15, 0.2) is 69.9 Å². The number of aryl methyl sites for hydroxylation is 2. The van der Waals surface area contributed by atoms with Crippen LogP contribution in [0, 0.1) is 24.0 Å². The molecule has 3 aromatic carbocycles. The third-order valence-electron chi connectivity index (χ3n) is 6.33. The highest BCUT2D eigenvalue weighted by Crippen LogP contribution is 2.43. The summed E-state index contributed by atoms with van der Waals surface area (Å²) >= 11 is 0. The van der Waals surface area contributed by atoms with Gasteiger partial charge < -0.3 is 4.42 Å². The Balaban J connectivity index is 1.82. The molecule has 182 valence electrons. The zero-order valence-electron chi connectivity index (χ0n) is 18.9. The van der Waals surface area contributed by atoms with Crippen molar-refractivity contribution in [2.45, 2.75) is 26.1 Å². The van der Waals surface area contributed by atoms with Crippen LogP contribution in [0.25, 0.3) is 11.0 Å². The predicted octanol–water partition coefficient (Wildman–Crippen LogP) is 6.09. The summed E-state index contributed by atoms with van der Waals surface area (Å²) in [5.74, 6) is -1.14. The molecule has 10 heteroatoms. The molecule has 0 saturated heterocycles. The molecule has 7 nitrogen and oxygen atoms in total. The Kier molecular flexibility index (Phi) is 5.20. The molecule has 1 aliphatic rings. The lowest BCUT2D eigenvalue weighted by molar-refractivity contribution is -0.384. The maximum atomic E-state index is 13.7. The smallest absolute Gasteiger partial charge is 0.416 e. The number of alkyl halides is 3. The Bertz CT molecular complexity index is 1640. The van der Waals surface area contributed by atoms with Crippen LogP contribution in [0.2, 0.25) is 0 Å². The van der Waals surface area contributed by atoms with E-state index in [2.05, 4.69) is 0 Å². The third kappa shape index (κ3) is 3.62. The molecule has 1 atom stereocenters. The first-order valence-electron chi connectivity index (χ1n) is 10.8. The molecule has 1 amide bonds. The van der Waals surface area contributed by atoms with E-state index in [1.807, 2.05) is 6.92 Å². The summed E-state index contributed by atoms with van der Waals surface area (Å²) in [4.78, 5) is 39.1. The topological polar surface area (TPSA) is 93.7 Å². The standard InChI is InChI=1S/C26H17F3N2O5/c1-13-9-19-20(10-14(13)2)36-24-21(23(19)32)22(15-5-3-8-18(11-15)31(34)35)30(25(24)33)17-7-4-6-16(12-17)26(27,28)29/h3-12,22H,1-2H3. The summed E-state index contributed by atoms with van der Waals surface area (Å²) in [7, 11) is 0. The zero-order valence-corrected chi connectivity index (χ0v) is 18.9. The summed E-state index contributed by atoms with van der Waals surface area (Å²) in [6, 6.07) is 11.4. The van der Waals surface area contributed by atoms with Crippen LogP contribution >= 0.6 is 0 Å². The monoisotopic (exact) mass is 494 g/mol. The van der Waals surface area contributed by atoms with Crippen LogP contribution in [0.3, 0.4) is 0 Å². The number of nitrogens with zero attached hydrogens (tertiary/aromatic N) is 2. The average molecular weight is 494 g/mol. The first-order chi connectivity index (χ1) is 17.0. The van der Waals surface area contributed by atoms with Gasteiger partial charge >= 0.3 is 6.18 Å². The number of carbonyl (C=O) groups excluding carboxylic acids is 1. The molecule has 0 bridgehead atoms. The lowest BCUT2D eigenvalue weighted by atomic mass is 9.97. The molecule has 4 aromatic rings. The fourth-order valence-electron chi connectivity index (χ4n) is 4.45. The maximum absolute atomic E-state index is 13.7. The summed E-state index contributed by atoms with van der Waals surface area (Å²) in [5.41, 5.74) is -0.0630. The second kappa shape index (κ2) is 8.04. The molecule has 0 N–H and O–H groups in total. The number of rotatable bonds is 3. The average Bonchev–Trinajstić information content (AvgIpc) is 3.12. The van der Waals surface area contributed by atoms with Crippen LogP contribution in [0.1, 0.15) is 44.4 Å². The van der Waals surface area contributed by atoms with E-state index >= 15 is 0 Å². The molecule has 2 heterocycles. The Morgan fingerprint density at radius 1 is 0.972 bits per heavy atom. The molecule has 0 aliphatic carbocycles. The molecule has 0 radical (unpaired) electrons. The quantitative estimate of drug-likeness (QED) is 0.254. The van der Waals surface area contributed by atoms with Gasteiger partial charge in [-0.25, -0.2) is 0 Å². The number of halogens is 3. The van der Waals surface area contributed by atoms with Gasteiger partial charge in [0.15, 0.2) is 5.43 Å². The van der Waals surface area contributed by atoms with E-state index in [-0.39, 0.29) is 39.2 Å². The van der Waals surface area contributed by atoms with E-state index in [0.717, 1.165) is 34.2 Å². The van der Waals surface area contributed by atoms with Crippen molar-refractivity contribution >= 4 is 28.3 Å². The van der Waals surface area contributed by atoms with Crippen molar-refractivity contribution < 1.29 is 27.3 Å². The van der Waals surface area contributed by atoms with Crippen molar-refractivity contribution in [3.63, 3.8) is 0 Å². The Morgan fingerprint density at radius 2 is 1.67 bits per heavy atom. The molecule has 1 unspecified atom stereocenters. The van der Waals surface area contributed by atoms with Gasteiger partial charge in [0, 0.05) is 17.8 Å². The van der Waals surface area contributed by atoms with Crippen LogP contribution in [0.5, 0.6) is 0 Å². The number of nitro benzene ring substituents is 1. The van der Waals surface area contributed by atoms with Crippen LogP contribution in [-0.4, -0.2) is 10.8 Å². The minimum atomic E-state index is -4.68. The zero-order chi connectivity index (χ0) is 25.9. The van der Waals surface area contributed by atoms with Crippen molar-refractivity contribution in [1.29, 1.82) is 0 Å². The Hall–Kier alpha value is -4.47. The number of hydrogen-bond donors (Lipinski definition) is 0. The van der Waals surface area contributed by atoms with Gasteiger partial charge in [0.1, 0.15) is 5.58 Å². The van der Waals surface area contributed by atoms with Gasteiger partial charge in [-0.2, -0.15) is 13.2 Å². The van der Waals surface area contributed by atoms with Gasteiger partial charge in [0.25, 0.3) is 11.6 Å². The van der Waals surface area contributed by atoms with Gasteiger partial charge in [0.05, 0.1) is 27.5 Å². The van der Waals surface area contributed by atoms with E-state index in [4.69, 9.17) is 4.42 Å². The van der Waals surface area contributed by atoms with E-state index in [0.29, 0.717) is 0 Å². The molecule has 5 rings (SSSR count). The maximum Gasteiger partial charge on any atom is 0.416 e. The third-order valence-corrected chi connectivity index (χ3v) is 6.33. The van der Waals surface area contributed by atoms with Crippen molar-refractivity contribution in [3.05, 3.63) is 115 Å². The van der Waals surface area contributed by atoms with Gasteiger partial charge in [-0.15, -0.1) is 0 Å². The molecule has 36 heavy (non-hydrogen) atoms. The highest BCUT2D eigenvalue weighted by Gasteiger charge is 2.44. The largest absolute Gasteiger partial charge is 0.450 e. The fourth-order valence-corrected chi connectivity index (χ4v) is 4.45. The molecule has 0 fully saturated rings. The van der Waals surface area contributed by atoms with Crippen molar-refractivity contribution in [2.75, 3.05) is 4.90 Å². The van der Waals surface area contributed by atoms with Gasteiger partial charge in [-0.3, -0.25) is 24.6 Å². The molecular weight excluding hydrogens is 477 g/mol. The lowest BCUT2D eigenvalue weighted by Gasteiger charge is -2.25. The highest BCUT2D eigenvalue weighted by atomic mass is 19.4. The summed E-state index contributed by atoms with van der Waals surface area (Å²) in [5, 5.41) is 11.6. The molecule has 0 spiro atoms. The highest BCUT2D eigenvalue weighted by molar-refractivity contribution is 6.10. The fraction of sp³-hybridized carbons (Fsp3) is 0.154. The first kappa shape index (κ1) is 23.3. The predicted molar refractivity (Wildman–Crippen MR) is 125 cm³/mol. The van der Waals surface area contributed by atoms with Gasteiger partial charge in [-0.1, -0.05) is 18.2 Å². The van der Waals surface area contributed by atoms with Gasteiger partial charge in [0.2, 0.25) is 5.76 Å². The van der Waals surface area contributed by atoms with E-state index in [9.17, 15) is 32.9 Å². The number of fused-ring (bicyclic) bond motifs is 2. The number of benzene rings is 3. The van der Waals surface area contributed by atoms with E-state index in [1.54, 1.807) is 19.1 Å². The number of amides is 1. The second-order valence-electron chi connectivity index (χ2n) is 8.58. The van der Waals surface area contributed by atoms with Crippen molar-refractivity contribution in [2.24, 2.45) is 0 Å². The van der Waals surface area contributed by atoms with E-state index in [1.165, 1.54) is 30.3 Å². The Labute approximate surface area is 201 Å². The number of hydrogen-bond acceptors (Lipinski definition) is 5.